The van der Waals surface area contributed by atoms with Crippen LogP contribution in [0.15, 0.2) is 28.7 Å². The van der Waals surface area contributed by atoms with Crippen molar-refractivity contribution in [2.24, 2.45) is 0 Å². The third kappa shape index (κ3) is 4.26. The molecule has 7 heteroatoms. The molecule has 0 unspecified atom stereocenters. The minimum absolute atomic E-state index is 0.307. The second-order valence-electron chi connectivity index (χ2n) is 3.86. The van der Waals surface area contributed by atoms with E-state index in [-0.39, 0.29) is 6.03 Å². The third-order valence-electron chi connectivity index (χ3n) is 2.27. The number of benzene rings is 1. The predicted octanol–water partition coefficient (Wildman–Crippen LogP) is 2.40. The van der Waals surface area contributed by atoms with Crippen LogP contribution < -0.4 is 10.6 Å². The molecule has 0 bridgehead atoms. The highest BCUT2D eigenvalue weighted by molar-refractivity contribution is 6.30. The second kappa shape index (κ2) is 6.19. The number of nitrogens with one attached hydrogen (secondary N) is 2. The van der Waals surface area contributed by atoms with Crippen molar-refractivity contribution in [3.8, 4) is 0 Å². The first kappa shape index (κ1) is 13.4. The maximum atomic E-state index is 11.6. The highest BCUT2D eigenvalue weighted by Gasteiger charge is 2.04. The van der Waals surface area contributed by atoms with Crippen molar-refractivity contribution in [3.05, 3.63) is 41.1 Å². The first-order valence-corrected chi connectivity index (χ1v) is 6.11. The van der Waals surface area contributed by atoms with E-state index < -0.39 is 0 Å². The van der Waals surface area contributed by atoms with E-state index in [1.165, 1.54) is 0 Å². The summed E-state index contributed by atoms with van der Waals surface area (Å²) in [6.45, 7) is 2.13. The SMILES string of the molecule is Cc1nnc(CCNC(=O)Nc2cccc(Cl)c2)o1. The van der Waals surface area contributed by atoms with Crippen LogP contribution in [0.4, 0.5) is 10.5 Å². The fourth-order valence-corrected chi connectivity index (χ4v) is 1.65. The zero-order chi connectivity index (χ0) is 13.7. The van der Waals surface area contributed by atoms with E-state index in [1.807, 2.05) is 0 Å². The van der Waals surface area contributed by atoms with Crippen LogP contribution in [-0.4, -0.2) is 22.8 Å². The van der Waals surface area contributed by atoms with Crippen LogP contribution in [0.2, 0.25) is 5.02 Å². The molecular formula is C12H13ClN4O2. The standard InChI is InChI=1S/C12H13ClN4O2/c1-8-16-17-11(19-8)5-6-14-12(18)15-10-4-2-3-9(13)7-10/h2-4,7H,5-6H2,1H3,(H2,14,15,18). The summed E-state index contributed by atoms with van der Waals surface area (Å²) in [6.07, 6.45) is 0.490. The number of aromatic nitrogens is 2. The van der Waals surface area contributed by atoms with E-state index in [0.29, 0.717) is 35.5 Å². The largest absolute Gasteiger partial charge is 0.426 e. The third-order valence-corrected chi connectivity index (χ3v) is 2.51. The predicted molar refractivity (Wildman–Crippen MR) is 71.2 cm³/mol. The minimum Gasteiger partial charge on any atom is -0.426 e. The van der Waals surface area contributed by atoms with Gasteiger partial charge in [-0.05, 0) is 18.2 Å². The fourth-order valence-electron chi connectivity index (χ4n) is 1.46. The molecule has 0 aliphatic carbocycles. The number of nitrogens with zero attached hydrogens (tertiary/aromatic N) is 2. The van der Waals surface area contributed by atoms with Crippen LogP contribution in [0.1, 0.15) is 11.8 Å². The topological polar surface area (TPSA) is 80.0 Å². The molecule has 0 atom stereocenters. The Kier molecular flexibility index (Phi) is 4.35. The summed E-state index contributed by atoms with van der Waals surface area (Å²) in [6, 6.07) is 6.62. The van der Waals surface area contributed by atoms with Crippen molar-refractivity contribution in [1.82, 2.24) is 15.5 Å². The van der Waals surface area contributed by atoms with Gasteiger partial charge < -0.3 is 15.1 Å². The molecule has 6 nitrogen and oxygen atoms in total. The number of rotatable bonds is 4. The molecule has 0 saturated carbocycles. The van der Waals surface area contributed by atoms with Gasteiger partial charge in [-0.25, -0.2) is 4.79 Å². The van der Waals surface area contributed by atoms with E-state index in [9.17, 15) is 4.79 Å². The number of carbonyl (C=O) groups excluding carboxylic acids is 1. The number of aryl methyl sites for hydroxylation is 1. The van der Waals surface area contributed by atoms with Crippen LogP contribution in [0.25, 0.3) is 0 Å². The average molecular weight is 281 g/mol. The number of urea groups is 1. The van der Waals surface area contributed by atoms with Gasteiger partial charge in [0.15, 0.2) is 0 Å². The van der Waals surface area contributed by atoms with Gasteiger partial charge in [-0.2, -0.15) is 0 Å². The molecule has 0 fully saturated rings. The average Bonchev–Trinajstić information content (AvgIpc) is 2.75. The molecule has 2 amide bonds. The summed E-state index contributed by atoms with van der Waals surface area (Å²) < 4.78 is 5.19. The number of amides is 2. The maximum Gasteiger partial charge on any atom is 0.319 e. The van der Waals surface area contributed by atoms with Gasteiger partial charge in [0.25, 0.3) is 0 Å². The molecule has 2 aromatic rings. The van der Waals surface area contributed by atoms with Gasteiger partial charge >= 0.3 is 6.03 Å². The van der Waals surface area contributed by atoms with Crippen molar-refractivity contribution in [3.63, 3.8) is 0 Å². The summed E-state index contributed by atoms with van der Waals surface area (Å²) in [5.41, 5.74) is 0.638. The van der Waals surface area contributed by atoms with Crippen molar-refractivity contribution in [2.75, 3.05) is 11.9 Å². The van der Waals surface area contributed by atoms with Gasteiger partial charge in [0.05, 0.1) is 0 Å². The molecule has 0 spiro atoms. The zero-order valence-electron chi connectivity index (χ0n) is 10.3. The van der Waals surface area contributed by atoms with E-state index in [0.717, 1.165) is 0 Å². The highest BCUT2D eigenvalue weighted by atomic mass is 35.5. The van der Waals surface area contributed by atoms with Crippen LogP contribution >= 0.6 is 11.6 Å². The Hall–Kier alpha value is -2.08. The van der Waals surface area contributed by atoms with Crippen molar-refractivity contribution in [2.45, 2.75) is 13.3 Å². The Morgan fingerprint density at radius 1 is 1.42 bits per heavy atom. The lowest BCUT2D eigenvalue weighted by Gasteiger charge is -2.06. The van der Waals surface area contributed by atoms with Gasteiger partial charge in [0.2, 0.25) is 11.8 Å². The summed E-state index contributed by atoms with van der Waals surface area (Å²) >= 11 is 5.82. The van der Waals surface area contributed by atoms with Gasteiger partial charge in [0.1, 0.15) is 0 Å². The molecule has 1 aromatic heterocycles. The second-order valence-corrected chi connectivity index (χ2v) is 4.29. The Labute approximate surface area is 115 Å². The Morgan fingerprint density at radius 3 is 2.95 bits per heavy atom. The molecule has 1 heterocycles. The normalized spacial score (nSPS) is 10.2. The fraction of sp³-hybridized carbons (Fsp3) is 0.250. The van der Waals surface area contributed by atoms with Crippen molar-refractivity contribution < 1.29 is 9.21 Å². The number of halogens is 1. The summed E-state index contributed by atoms with van der Waals surface area (Å²) in [7, 11) is 0. The first-order chi connectivity index (χ1) is 9.13. The van der Waals surface area contributed by atoms with Gasteiger partial charge in [-0.1, -0.05) is 17.7 Å². The summed E-state index contributed by atoms with van der Waals surface area (Å²) in [5.74, 6) is 1.01. The molecule has 0 aliphatic rings. The van der Waals surface area contributed by atoms with Crippen molar-refractivity contribution in [1.29, 1.82) is 0 Å². The van der Waals surface area contributed by atoms with Crippen LogP contribution in [0, 0.1) is 6.92 Å². The molecule has 1 aromatic carbocycles. The molecular weight excluding hydrogens is 268 g/mol. The summed E-state index contributed by atoms with van der Waals surface area (Å²) in [4.78, 5) is 11.6. The van der Waals surface area contributed by atoms with Crippen LogP contribution in [0.5, 0.6) is 0 Å². The lowest BCUT2D eigenvalue weighted by molar-refractivity contribution is 0.252. The molecule has 0 saturated heterocycles. The Bertz CT molecular complexity index is 570. The monoisotopic (exact) mass is 280 g/mol. The van der Waals surface area contributed by atoms with Crippen LogP contribution in [-0.2, 0) is 6.42 Å². The molecule has 100 valence electrons. The maximum absolute atomic E-state index is 11.6. The molecule has 2 N–H and O–H groups in total. The van der Waals surface area contributed by atoms with E-state index >= 15 is 0 Å². The lowest BCUT2D eigenvalue weighted by atomic mass is 10.3. The number of carbonyl (C=O) groups is 1. The lowest BCUT2D eigenvalue weighted by Crippen LogP contribution is -2.30. The minimum atomic E-state index is -0.307. The first-order valence-electron chi connectivity index (χ1n) is 5.73. The number of hydrogen-bond donors (Lipinski definition) is 2. The zero-order valence-corrected chi connectivity index (χ0v) is 11.1. The van der Waals surface area contributed by atoms with Crippen molar-refractivity contribution >= 4 is 23.3 Å². The number of anilines is 1. The van der Waals surface area contributed by atoms with Crippen LogP contribution in [0.3, 0.4) is 0 Å². The Morgan fingerprint density at radius 2 is 2.26 bits per heavy atom. The van der Waals surface area contributed by atoms with E-state index in [4.69, 9.17) is 16.0 Å². The molecule has 0 aliphatic heterocycles. The Balaban J connectivity index is 1.76. The molecule has 2 rings (SSSR count). The van der Waals surface area contributed by atoms with Gasteiger partial charge in [-0.15, -0.1) is 10.2 Å². The van der Waals surface area contributed by atoms with E-state index in [1.54, 1.807) is 31.2 Å². The molecule has 0 radical (unpaired) electrons. The highest BCUT2D eigenvalue weighted by Crippen LogP contribution is 2.14. The smallest absolute Gasteiger partial charge is 0.319 e. The van der Waals surface area contributed by atoms with Gasteiger partial charge in [-0.3, -0.25) is 0 Å². The quantitative estimate of drug-likeness (QED) is 0.901. The molecule has 19 heavy (non-hydrogen) atoms. The van der Waals surface area contributed by atoms with Gasteiger partial charge in [0, 0.05) is 30.6 Å². The summed E-state index contributed by atoms with van der Waals surface area (Å²) in [5, 5.41) is 13.5. The number of hydrogen-bond acceptors (Lipinski definition) is 4. The van der Waals surface area contributed by atoms with E-state index in [2.05, 4.69) is 20.8 Å².